The van der Waals surface area contributed by atoms with Crippen LogP contribution in [0.25, 0.3) is 0 Å². The van der Waals surface area contributed by atoms with Crippen molar-refractivity contribution in [2.75, 3.05) is 26.7 Å². The van der Waals surface area contributed by atoms with Crippen LogP contribution in [0.15, 0.2) is 30.5 Å². The zero-order valence-electron chi connectivity index (χ0n) is 20.7. The molecule has 0 unspecified atom stereocenters. The van der Waals surface area contributed by atoms with E-state index in [4.69, 9.17) is 9.47 Å². The molecule has 2 aromatic rings. The van der Waals surface area contributed by atoms with E-state index in [0.717, 1.165) is 12.1 Å². The summed E-state index contributed by atoms with van der Waals surface area (Å²) in [6, 6.07) is 5.41. The van der Waals surface area contributed by atoms with E-state index in [-0.39, 0.29) is 18.6 Å². The maximum Gasteiger partial charge on any atom is 0.304 e. The number of likely N-dealkylation sites (N-methyl/N-ethyl adjacent to an activating group) is 1. The van der Waals surface area contributed by atoms with E-state index in [2.05, 4.69) is 9.88 Å². The van der Waals surface area contributed by atoms with Crippen LogP contribution in [0.4, 0.5) is 8.78 Å². The molecule has 1 aliphatic carbocycles. The summed E-state index contributed by atoms with van der Waals surface area (Å²) in [5, 5.41) is 0. The Morgan fingerprint density at radius 3 is 2.54 bits per heavy atom. The van der Waals surface area contributed by atoms with Gasteiger partial charge in [0.25, 0.3) is 5.91 Å². The maximum atomic E-state index is 14.9. The fraction of sp³-hybridized carbons (Fsp3) is 0.520. The van der Waals surface area contributed by atoms with E-state index in [0.29, 0.717) is 43.4 Å². The van der Waals surface area contributed by atoms with Gasteiger partial charge in [-0.05, 0) is 62.9 Å². The molecule has 1 amide bonds. The molecule has 0 spiro atoms. The summed E-state index contributed by atoms with van der Waals surface area (Å²) in [5.41, 5.74) is -0.210. The molecule has 12 heteroatoms. The van der Waals surface area contributed by atoms with E-state index in [1.54, 1.807) is 18.3 Å². The van der Waals surface area contributed by atoms with Crippen LogP contribution in [0.5, 0.6) is 11.5 Å². The van der Waals surface area contributed by atoms with Gasteiger partial charge in [0.15, 0.2) is 11.6 Å². The number of hydrogen-bond acceptors (Lipinski definition) is 7. The van der Waals surface area contributed by atoms with E-state index in [1.807, 2.05) is 18.7 Å². The number of nitrogens with one attached hydrogen (secondary N) is 1. The van der Waals surface area contributed by atoms with Crippen LogP contribution < -0.4 is 14.2 Å². The molecule has 3 fully saturated rings. The highest BCUT2D eigenvalue weighted by atomic mass is 32.2. The second-order valence-electron chi connectivity index (χ2n) is 9.92. The van der Waals surface area contributed by atoms with Crippen molar-refractivity contribution in [1.82, 2.24) is 18.9 Å². The number of likely N-dealkylation sites (tertiary alicyclic amines) is 1. The van der Waals surface area contributed by atoms with Crippen molar-refractivity contribution >= 4 is 16.1 Å². The molecule has 2 bridgehead atoms. The number of pyridine rings is 1. The highest BCUT2D eigenvalue weighted by molar-refractivity contribution is 7.87. The molecule has 9 nitrogen and oxygen atoms in total. The van der Waals surface area contributed by atoms with E-state index in [9.17, 15) is 22.0 Å². The van der Waals surface area contributed by atoms with Gasteiger partial charge in [-0.1, -0.05) is 6.92 Å². The topological polar surface area (TPSA) is 101 Å². The summed E-state index contributed by atoms with van der Waals surface area (Å²) in [4.78, 5) is 19.0. The fourth-order valence-corrected chi connectivity index (χ4v) is 6.20. The number of fused-ring (bicyclic) bond motifs is 2. The molecule has 0 radical (unpaired) electrons. The van der Waals surface area contributed by atoms with Gasteiger partial charge in [-0.3, -0.25) is 9.78 Å². The lowest BCUT2D eigenvalue weighted by Crippen LogP contribution is -2.52. The number of rotatable bonds is 10. The average molecular weight is 537 g/mol. The summed E-state index contributed by atoms with van der Waals surface area (Å²) >= 11 is 0. The first-order valence-corrected chi connectivity index (χ1v) is 13.9. The van der Waals surface area contributed by atoms with Crippen LogP contribution in [-0.4, -0.2) is 67.3 Å². The zero-order chi connectivity index (χ0) is 26.3. The summed E-state index contributed by atoms with van der Waals surface area (Å²) in [7, 11) is -2.29. The number of carbonyl (C=O) groups excluding carboxylic acids is 1. The Hall–Kier alpha value is -2.83. The summed E-state index contributed by atoms with van der Waals surface area (Å²) < 4.78 is 69.7. The van der Waals surface area contributed by atoms with Gasteiger partial charge in [0.05, 0.1) is 24.1 Å². The van der Waals surface area contributed by atoms with Crippen molar-refractivity contribution in [2.24, 2.45) is 5.92 Å². The highest BCUT2D eigenvalue weighted by Crippen LogP contribution is 2.33. The minimum Gasteiger partial charge on any atom is -0.492 e. The molecule has 1 aromatic heterocycles. The van der Waals surface area contributed by atoms with Gasteiger partial charge in [0, 0.05) is 25.2 Å². The molecular weight excluding hydrogens is 506 g/mol. The number of ether oxygens (including phenoxy) is 2. The molecule has 3 aliphatic rings. The van der Waals surface area contributed by atoms with Crippen molar-refractivity contribution in [2.45, 2.75) is 50.8 Å². The standard InChI is InChI=1S/C25H30F2N4O5S/c1-3-21(20-8-6-18(11-28-20)35-14-15-4-5-15)36-22-9-7-19(23(26)24(22)27)25(32)29-37(33,34)31-13-16-10-17(31)12-30(16)2/h6-9,11,15-17,21H,3-5,10,12-14H2,1-2H3,(H,29,32)/t16-,17-,21-/m1/s1. The van der Waals surface area contributed by atoms with Crippen molar-refractivity contribution in [3.05, 3.63) is 53.4 Å². The Bertz CT molecular complexity index is 1270. The molecule has 1 aromatic carbocycles. The zero-order valence-corrected chi connectivity index (χ0v) is 21.5. The molecule has 3 atom stereocenters. The SMILES string of the molecule is CC[C@@H](Oc1ccc(C(=O)NS(=O)(=O)N2C[C@H]3C[C@@H]2CN3C)c(F)c1F)c1ccc(OCC2CC2)cn1. The normalized spacial score (nSPS) is 22.7. The Kier molecular flexibility index (Phi) is 7.08. The highest BCUT2D eigenvalue weighted by Gasteiger charge is 2.47. The first-order chi connectivity index (χ1) is 17.7. The Morgan fingerprint density at radius 2 is 1.95 bits per heavy atom. The molecule has 1 saturated carbocycles. The number of piperazine rings is 1. The van der Waals surface area contributed by atoms with Crippen LogP contribution >= 0.6 is 0 Å². The third-order valence-corrected chi connectivity index (χ3v) is 8.71. The monoisotopic (exact) mass is 536 g/mol. The van der Waals surface area contributed by atoms with E-state index in [1.165, 1.54) is 17.1 Å². The van der Waals surface area contributed by atoms with Gasteiger partial charge in [-0.2, -0.15) is 17.1 Å². The largest absolute Gasteiger partial charge is 0.492 e. The molecule has 200 valence electrons. The van der Waals surface area contributed by atoms with Crippen LogP contribution in [-0.2, 0) is 10.2 Å². The molecule has 2 aliphatic heterocycles. The van der Waals surface area contributed by atoms with E-state index >= 15 is 0 Å². The quantitative estimate of drug-likeness (QED) is 0.498. The van der Waals surface area contributed by atoms with Crippen molar-refractivity contribution in [1.29, 1.82) is 0 Å². The number of halogens is 2. The minimum absolute atomic E-state index is 0.0785. The van der Waals surface area contributed by atoms with Crippen molar-refractivity contribution in [3.63, 3.8) is 0 Å². The van der Waals surface area contributed by atoms with Crippen LogP contribution in [0.2, 0.25) is 0 Å². The third kappa shape index (κ3) is 5.41. The van der Waals surface area contributed by atoms with Crippen LogP contribution in [0, 0.1) is 17.6 Å². The molecule has 1 N–H and O–H groups in total. The second-order valence-corrected chi connectivity index (χ2v) is 11.5. The van der Waals surface area contributed by atoms with Crippen molar-refractivity contribution in [3.8, 4) is 11.5 Å². The van der Waals surface area contributed by atoms with E-state index < -0.39 is 45.2 Å². The number of carbonyl (C=O) groups is 1. The first kappa shape index (κ1) is 25.8. The van der Waals surface area contributed by atoms with Gasteiger partial charge in [-0.15, -0.1) is 0 Å². The Balaban J connectivity index is 1.25. The number of aromatic nitrogens is 1. The third-order valence-electron chi connectivity index (χ3n) is 7.20. The fourth-order valence-electron chi connectivity index (χ4n) is 4.82. The van der Waals surface area contributed by atoms with Gasteiger partial charge >= 0.3 is 10.2 Å². The molecular formula is C25H30F2N4O5S. The lowest BCUT2D eigenvalue weighted by molar-refractivity contribution is 0.0972. The average Bonchev–Trinajstić information content (AvgIpc) is 3.50. The first-order valence-electron chi connectivity index (χ1n) is 12.4. The number of hydrogen-bond donors (Lipinski definition) is 1. The van der Waals surface area contributed by atoms with Crippen LogP contribution in [0.3, 0.4) is 0 Å². The van der Waals surface area contributed by atoms with Gasteiger partial charge in [0.1, 0.15) is 11.9 Å². The summed E-state index contributed by atoms with van der Waals surface area (Å²) in [5.74, 6) is -3.28. The minimum atomic E-state index is -4.20. The Morgan fingerprint density at radius 1 is 1.16 bits per heavy atom. The molecule has 37 heavy (non-hydrogen) atoms. The summed E-state index contributed by atoms with van der Waals surface area (Å²) in [6.07, 6.45) is 4.34. The smallest absolute Gasteiger partial charge is 0.304 e. The van der Waals surface area contributed by atoms with Gasteiger partial charge in [-0.25, -0.2) is 9.11 Å². The van der Waals surface area contributed by atoms with Crippen LogP contribution in [0.1, 0.15) is 54.8 Å². The number of nitrogens with zero attached hydrogens (tertiary/aromatic N) is 3. The second kappa shape index (κ2) is 10.1. The molecule has 5 rings (SSSR count). The predicted molar refractivity (Wildman–Crippen MR) is 130 cm³/mol. The Labute approximate surface area is 214 Å². The summed E-state index contributed by atoms with van der Waals surface area (Å²) in [6.45, 7) is 3.26. The van der Waals surface area contributed by atoms with Crippen molar-refractivity contribution < 1.29 is 31.5 Å². The lowest BCUT2D eigenvalue weighted by atomic mass is 10.1. The molecule has 2 saturated heterocycles. The van der Waals surface area contributed by atoms with Gasteiger partial charge in [0.2, 0.25) is 5.82 Å². The number of benzene rings is 1. The maximum absolute atomic E-state index is 14.9. The molecule has 3 heterocycles. The number of amides is 1. The predicted octanol–water partition coefficient (Wildman–Crippen LogP) is 3.04. The lowest BCUT2D eigenvalue weighted by Gasteiger charge is -2.30. The van der Waals surface area contributed by atoms with Gasteiger partial charge < -0.3 is 14.4 Å².